The number of nitrogens with one attached hydrogen (secondary N) is 1. The van der Waals surface area contributed by atoms with Crippen molar-refractivity contribution >= 4 is 15.9 Å². The quantitative estimate of drug-likeness (QED) is 0.826. The first-order chi connectivity index (χ1) is 13.3. The summed E-state index contributed by atoms with van der Waals surface area (Å²) in [5.41, 5.74) is 1.59. The van der Waals surface area contributed by atoms with Crippen molar-refractivity contribution < 1.29 is 22.3 Å². The molecule has 0 saturated carbocycles. The summed E-state index contributed by atoms with van der Waals surface area (Å²) in [4.78, 5) is 13.1. The Balaban J connectivity index is 1.98. The van der Waals surface area contributed by atoms with Gasteiger partial charge < -0.3 is 15.0 Å². The number of hydrogen-bond acceptors (Lipinski definition) is 5. The van der Waals surface area contributed by atoms with E-state index in [0.717, 1.165) is 31.1 Å². The van der Waals surface area contributed by atoms with Gasteiger partial charge in [-0.3, -0.25) is 0 Å². The second-order valence-corrected chi connectivity index (χ2v) is 8.91. The number of hydrogen-bond donors (Lipinski definition) is 1. The fourth-order valence-electron chi connectivity index (χ4n) is 3.23. The number of benzene rings is 2. The van der Waals surface area contributed by atoms with E-state index < -0.39 is 21.7 Å². The van der Waals surface area contributed by atoms with Crippen molar-refractivity contribution in [3.05, 3.63) is 59.4 Å². The highest BCUT2D eigenvalue weighted by Crippen LogP contribution is 2.30. The normalized spacial score (nSPS) is 16.8. The lowest BCUT2D eigenvalue weighted by Crippen LogP contribution is -2.23. The number of halogens is 1. The van der Waals surface area contributed by atoms with Crippen molar-refractivity contribution in [2.75, 3.05) is 27.2 Å². The third kappa shape index (κ3) is 4.34. The van der Waals surface area contributed by atoms with Gasteiger partial charge in [0.15, 0.2) is 0 Å². The number of carbonyl (C=O) groups is 1. The van der Waals surface area contributed by atoms with Gasteiger partial charge in [0.2, 0.25) is 9.84 Å². The minimum absolute atomic E-state index is 0.0324. The Morgan fingerprint density at radius 1 is 1.21 bits per heavy atom. The van der Waals surface area contributed by atoms with Gasteiger partial charge in [0.25, 0.3) is 0 Å². The smallest absolute Gasteiger partial charge is 0.409 e. The van der Waals surface area contributed by atoms with Crippen LogP contribution in [0.2, 0.25) is 0 Å². The topological polar surface area (TPSA) is 75.7 Å². The molecule has 1 amide bonds. The fraction of sp³-hybridized carbons (Fsp3) is 0.350. The highest BCUT2D eigenvalue weighted by atomic mass is 32.2. The zero-order valence-corrected chi connectivity index (χ0v) is 16.6. The van der Waals surface area contributed by atoms with Gasteiger partial charge in [0.1, 0.15) is 12.4 Å². The van der Waals surface area contributed by atoms with Crippen LogP contribution in [-0.4, -0.2) is 46.6 Å². The summed E-state index contributed by atoms with van der Waals surface area (Å²) >= 11 is 0. The third-order valence-corrected chi connectivity index (χ3v) is 6.50. The SMILES string of the molecule is CN(C)C(=O)OCc1cc(S(=O)(=O)c2cccc(F)c2)ccc1C1CCNC1. The molecule has 2 aromatic rings. The van der Waals surface area contributed by atoms with E-state index in [1.165, 1.54) is 35.2 Å². The summed E-state index contributed by atoms with van der Waals surface area (Å²) in [6, 6.07) is 9.74. The zero-order valence-electron chi connectivity index (χ0n) is 15.8. The minimum atomic E-state index is -3.89. The second kappa shape index (κ2) is 8.28. The van der Waals surface area contributed by atoms with Crippen molar-refractivity contribution in [3.63, 3.8) is 0 Å². The molecule has 150 valence electrons. The molecular weight excluding hydrogens is 383 g/mol. The average molecular weight is 406 g/mol. The van der Waals surface area contributed by atoms with E-state index in [-0.39, 0.29) is 22.3 Å². The molecule has 2 aromatic carbocycles. The maximum atomic E-state index is 13.5. The minimum Gasteiger partial charge on any atom is -0.445 e. The summed E-state index contributed by atoms with van der Waals surface area (Å²) in [5.74, 6) is -0.395. The molecular formula is C20H23FN2O4S. The highest BCUT2D eigenvalue weighted by Gasteiger charge is 2.24. The zero-order chi connectivity index (χ0) is 20.3. The Labute approximate surface area is 164 Å². The lowest BCUT2D eigenvalue weighted by Gasteiger charge is -2.18. The van der Waals surface area contributed by atoms with Crippen LogP contribution in [0.4, 0.5) is 9.18 Å². The summed E-state index contributed by atoms with van der Waals surface area (Å²) in [7, 11) is -0.729. The van der Waals surface area contributed by atoms with Gasteiger partial charge in [-0.25, -0.2) is 17.6 Å². The second-order valence-electron chi connectivity index (χ2n) is 6.96. The molecule has 0 aromatic heterocycles. The molecule has 0 aliphatic carbocycles. The van der Waals surface area contributed by atoms with Crippen molar-refractivity contribution in [1.82, 2.24) is 10.2 Å². The lowest BCUT2D eigenvalue weighted by molar-refractivity contribution is 0.111. The molecule has 1 fully saturated rings. The van der Waals surface area contributed by atoms with Gasteiger partial charge in [-0.1, -0.05) is 12.1 Å². The van der Waals surface area contributed by atoms with Crippen molar-refractivity contribution in [3.8, 4) is 0 Å². The molecule has 0 spiro atoms. The van der Waals surface area contributed by atoms with E-state index in [4.69, 9.17) is 4.74 Å². The van der Waals surface area contributed by atoms with Gasteiger partial charge in [-0.15, -0.1) is 0 Å². The van der Waals surface area contributed by atoms with Crippen LogP contribution in [0.1, 0.15) is 23.5 Å². The molecule has 28 heavy (non-hydrogen) atoms. The molecule has 1 atom stereocenters. The van der Waals surface area contributed by atoms with E-state index in [1.54, 1.807) is 20.2 Å². The van der Waals surface area contributed by atoms with Crippen LogP contribution in [0.5, 0.6) is 0 Å². The first kappa shape index (κ1) is 20.3. The van der Waals surface area contributed by atoms with Crippen LogP contribution in [0.3, 0.4) is 0 Å². The Kier molecular flexibility index (Phi) is 6.00. The number of sulfone groups is 1. The van der Waals surface area contributed by atoms with Crippen molar-refractivity contribution in [1.29, 1.82) is 0 Å². The first-order valence-corrected chi connectivity index (χ1v) is 10.5. The Morgan fingerprint density at radius 3 is 2.61 bits per heavy atom. The number of ether oxygens (including phenoxy) is 1. The van der Waals surface area contributed by atoms with E-state index in [0.29, 0.717) is 5.56 Å². The maximum Gasteiger partial charge on any atom is 0.409 e. The van der Waals surface area contributed by atoms with Gasteiger partial charge in [0.05, 0.1) is 9.79 Å². The van der Waals surface area contributed by atoms with Gasteiger partial charge >= 0.3 is 6.09 Å². The highest BCUT2D eigenvalue weighted by molar-refractivity contribution is 7.91. The summed E-state index contributed by atoms with van der Waals surface area (Å²) < 4.78 is 44.7. The molecule has 0 bridgehead atoms. The predicted octanol–water partition coefficient (Wildman–Crippen LogP) is 2.93. The van der Waals surface area contributed by atoms with Crippen molar-refractivity contribution in [2.24, 2.45) is 0 Å². The monoisotopic (exact) mass is 406 g/mol. The van der Waals surface area contributed by atoms with Crippen LogP contribution in [-0.2, 0) is 21.2 Å². The maximum absolute atomic E-state index is 13.5. The molecule has 1 aliphatic rings. The van der Waals surface area contributed by atoms with Crippen LogP contribution in [0, 0.1) is 5.82 Å². The molecule has 1 heterocycles. The number of rotatable bonds is 5. The van der Waals surface area contributed by atoms with E-state index in [2.05, 4.69) is 5.32 Å². The largest absolute Gasteiger partial charge is 0.445 e. The molecule has 1 N–H and O–H groups in total. The third-order valence-electron chi connectivity index (χ3n) is 4.75. The molecule has 8 heteroatoms. The average Bonchev–Trinajstić information content (AvgIpc) is 3.20. The summed E-state index contributed by atoms with van der Waals surface area (Å²) in [6.07, 6.45) is 0.416. The van der Waals surface area contributed by atoms with Crippen LogP contribution in [0.25, 0.3) is 0 Å². The first-order valence-electron chi connectivity index (χ1n) is 8.97. The van der Waals surface area contributed by atoms with Crippen LogP contribution >= 0.6 is 0 Å². The standard InChI is InChI=1S/C20H23FN2O4S/c1-23(2)20(24)27-13-15-10-18(6-7-19(15)14-8-9-22-12-14)28(25,26)17-5-3-4-16(21)11-17/h3-7,10-11,14,22H,8-9,12-13H2,1-2H3. The summed E-state index contributed by atoms with van der Waals surface area (Å²) in [5, 5.41) is 3.28. The molecule has 3 rings (SSSR count). The molecule has 0 radical (unpaired) electrons. The van der Waals surface area contributed by atoms with E-state index in [1.807, 2.05) is 0 Å². The Morgan fingerprint density at radius 2 is 1.96 bits per heavy atom. The van der Waals surface area contributed by atoms with Crippen LogP contribution in [0.15, 0.2) is 52.3 Å². The number of amides is 1. The fourth-order valence-corrected chi connectivity index (χ4v) is 4.57. The molecule has 1 unspecified atom stereocenters. The lowest BCUT2D eigenvalue weighted by atomic mass is 9.94. The molecule has 1 saturated heterocycles. The van der Waals surface area contributed by atoms with E-state index >= 15 is 0 Å². The Hall–Kier alpha value is -2.45. The number of nitrogens with zero attached hydrogens (tertiary/aromatic N) is 1. The van der Waals surface area contributed by atoms with E-state index in [9.17, 15) is 17.6 Å². The van der Waals surface area contributed by atoms with Crippen LogP contribution < -0.4 is 5.32 Å². The van der Waals surface area contributed by atoms with Gasteiger partial charge in [-0.05, 0) is 60.3 Å². The van der Waals surface area contributed by atoms with Crippen molar-refractivity contribution in [2.45, 2.75) is 28.7 Å². The number of carbonyl (C=O) groups excluding carboxylic acids is 1. The Bertz CT molecular complexity index is 970. The van der Waals surface area contributed by atoms with Gasteiger partial charge in [-0.2, -0.15) is 0 Å². The summed E-state index contributed by atoms with van der Waals surface area (Å²) in [6.45, 7) is 1.63. The molecule has 1 aliphatic heterocycles. The predicted molar refractivity (Wildman–Crippen MR) is 102 cm³/mol. The van der Waals surface area contributed by atoms with Gasteiger partial charge in [0, 0.05) is 20.6 Å². The molecule has 6 nitrogen and oxygen atoms in total.